The van der Waals surface area contributed by atoms with Gasteiger partial charge >= 0.3 is 0 Å². The highest BCUT2D eigenvalue weighted by Crippen LogP contribution is 2.36. The highest BCUT2D eigenvalue weighted by Gasteiger charge is 2.27. The van der Waals surface area contributed by atoms with Crippen molar-refractivity contribution in [3.05, 3.63) is 75.5 Å². The van der Waals surface area contributed by atoms with E-state index in [0.717, 1.165) is 22.8 Å². The molecule has 27 heavy (non-hydrogen) atoms. The molecule has 8 nitrogen and oxygen atoms in total. The number of benzene rings is 2. The van der Waals surface area contributed by atoms with E-state index in [1.54, 1.807) is 28.8 Å². The van der Waals surface area contributed by atoms with Gasteiger partial charge in [-0.2, -0.15) is 5.10 Å². The van der Waals surface area contributed by atoms with E-state index in [2.05, 4.69) is 10.4 Å². The normalized spacial score (nSPS) is 12.6. The number of carbonyl (C=O) groups excluding carboxylic acids is 1. The van der Waals surface area contributed by atoms with Gasteiger partial charge in [-0.1, -0.05) is 12.1 Å². The minimum absolute atomic E-state index is 0.000899. The van der Waals surface area contributed by atoms with Gasteiger partial charge in [-0.25, -0.2) is 0 Å². The summed E-state index contributed by atoms with van der Waals surface area (Å²) in [6, 6.07) is 12.0. The van der Waals surface area contributed by atoms with E-state index in [-0.39, 0.29) is 11.6 Å². The molecule has 0 radical (unpaired) electrons. The lowest BCUT2D eigenvalue weighted by Crippen LogP contribution is -2.30. The fourth-order valence-electron chi connectivity index (χ4n) is 3.29. The Morgan fingerprint density at radius 2 is 2.04 bits per heavy atom. The molecular formula is C19H17N5O3. The van der Waals surface area contributed by atoms with Crippen molar-refractivity contribution in [3.63, 3.8) is 0 Å². The van der Waals surface area contributed by atoms with Crippen LogP contribution in [0.1, 0.15) is 21.5 Å². The molecule has 0 saturated heterocycles. The van der Waals surface area contributed by atoms with Crippen LogP contribution < -0.4 is 10.2 Å². The summed E-state index contributed by atoms with van der Waals surface area (Å²) in [7, 11) is 1.84. The lowest BCUT2D eigenvalue weighted by atomic mass is 10.1. The van der Waals surface area contributed by atoms with Crippen LogP contribution in [0.3, 0.4) is 0 Å². The van der Waals surface area contributed by atoms with Gasteiger partial charge in [0, 0.05) is 29.8 Å². The predicted molar refractivity (Wildman–Crippen MR) is 101 cm³/mol. The fourth-order valence-corrected chi connectivity index (χ4v) is 3.29. The van der Waals surface area contributed by atoms with Crippen LogP contribution in [0.5, 0.6) is 0 Å². The van der Waals surface area contributed by atoms with E-state index in [9.17, 15) is 14.9 Å². The third-order valence-corrected chi connectivity index (χ3v) is 4.68. The minimum atomic E-state index is -0.448. The number of nitro benzene ring substituents is 1. The molecule has 0 bridgehead atoms. The van der Waals surface area contributed by atoms with Gasteiger partial charge in [0.15, 0.2) is 0 Å². The number of anilines is 3. The maximum atomic E-state index is 13.3. The molecule has 0 unspecified atom stereocenters. The first-order valence-corrected chi connectivity index (χ1v) is 8.39. The lowest BCUT2D eigenvalue weighted by Gasteiger charge is -2.22. The molecule has 0 spiro atoms. The molecule has 8 heteroatoms. The Kier molecular flexibility index (Phi) is 3.88. The summed E-state index contributed by atoms with van der Waals surface area (Å²) in [4.78, 5) is 25.5. The average Bonchev–Trinajstić information content (AvgIpc) is 2.90. The van der Waals surface area contributed by atoms with E-state index in [1.807, 2.05) is 31.3 Å². The molecule has 1 aromatic heterocycles. The molecule has 0 atom stereocenters. The minimum Gasteiger partial charge on any atom is -0.338 e. The number of nitro groups is 1. The number of para-hydroxylation sites is 2. The molecule has 1 aliphatic rings. The predicted octanol–water partition coefficient (Wildman–Crippen LogP) is 3.54. The molecule has 3 aromatic rings. The molecule has 1 aliphatic heterocycles. The van der Waals surface area contributed by atoms with Crippen molar-refractivity contribution in [2.45, 2.75) is 13.5 Å². The molecule has 4 rings (SSSR count). The number of rotatable bonds is 2. The topological polar surface area (TPSA) is 93.3 Å². The molecule has 2 heterocycles. The van der Waals surface area contributed by atoms with E-state index >= 15 is 0 Å². The van der Waals surface area contributed by atoms with Crippen LogP contribution in [0.25, 0.3) is 0 Å². The van der Waals surface area contributed by atoms with Crippen LogP contribution in [-0.4, -0.2) is 20.6 Å². The van der Waals surface area contributed by atoms with E-state index in [1.165, 1.54) is 12.1 Å². The van der Waals surface area contributed by atoms with Crippen molar-refractivity contribution < 1.29 is 9.72 Å². The van der Waals surface area contributed by atoms with Gasteiger partial charge in [0.1, 0.15) is 5.82 Å². The second kappa shape index (κ2) is 6.24. The summed E-state index contributed by atoms with van der Waals surface area (Å²) >= 11 is 0. The first kappa shape index (κ1) is 16.8. The second-order valence-electron chi connectivity index (χ2n) is 6.43. The maximum absolute atomic E-state index is 13.3. The number of carbonyl (C=O) groups is 1. The number of aromatic nitrogens is 2. The van der Waals surface area contributed by atoms with E-state index in [4.69, 9.17) is 0 Å². The third kappa shape index (κ3) is 2.80. The van der Waals surface area contributed by atoms with Crippen LogP contribution >= 0.6 is 0 Å². The largest absolute Gasteiger partial charge is 0.338 e. The van der Waals surface area contributed by atoms with Crippen molar-refractivity contribution in [1.82, 2.24) is 9.78 Å². The maximum Gasteiger partial charge on any atom is 0.272 e. The Balaban J connectivity index is 1.79. The van der Waals surface area contributed by atoms with Crippen LogP contribution in [0.15, 0.2) is 48.7 Å². The zero-order chi connectivity index (χ0) is 19.1. The van der Waals surface area contributed by atoms with Crippen molar-refractivity contribution >= 4 is 28.8 Å². The smallest absolute Gasteiger partial charge is 0.272 e. The second-order valence-corrected chi connectivity index (χ2v) is 6.43. The number of aryl methyl sites for hydroxylation is 2. The summed E-state index contributed by atoms with van der Waals surface area (Å²) in [6.45, 7) is 1.98. The highest BCUT2D eigenvalue weighted by atomic mass is 16.6. The monoisotopic (exact) mass is 363 g/mol. The van der Waals surface area contributed by atoms with Gasteiger partial charge < -0.3 is 10.2 Å². The molecule has 136 valence electrons. The van der Waals surface area contributed by atoms with E-state index in [0.29, 0.717) is 17.7 Å². The molecule has 1 amide bonds. The summed E-state index contributed by atoms with van der Waals surface area (Å²) < 4.78 is 1.73. The first-order valence-electron chi connectivity index (χ1n) is 8.39. The number of fused-ring (bicyclic) bond motifs is 2. The number of amides is 1. The van der Waals surface area contributed by atoms with Gasteiger partial charge in [-0.15, -0.1) is 0 Å². The van der Waals surface area contributed by atoms with Crippen LogP contribution in [0, 0.1) is 17.0 Å². The summed E-state index contributed by atoms with van der Waals surface area (Å²) in [5.41, 5.74) is 3.29. The molecular weight excluding hydrogens is 346 g/mol. The fraction of sp³-hybridized carbons (Fsp3) is 0.158. The van der Waals surface area contributed by atoms with Gasteiger partial charge in [0.25, 0.3) is 11.6 Å². The zero-order valence-electron chi connectivity index (χ0n) is 14.8. The summed E-state index contributed by atoms with van der Waals surface area (Å²) in [5.74, 6) is 0.608. The highest BCUT2D eigenvalue weighted by molar-refractivity contribution is 6.08. The Bertz CT molecular complexity index is 1070. The summed E-state index contributed by atoms with van der Waals surface area (Å²) in [6.07, 6.45) is 1.73. The average molecular weight is 363 g/mol. The van der Waals surface area contributed by atoms with Crippen molar-refractivity contribution in [2.24, 2.45) is 7.05 Å². The SMILES string of the molecule is Cc1cc(C(=O)N2Cc3cnn(C)c3Nc3ccccc32)ccc1[N+](=O)[O-]. The Labute approximate surface area is 155 Å². The Morgan fingerprint density at radius 3 is 2.78 bits per heavy atom. The molecule has 0 saturated carbocycles. The molecule has 0 aliphatic carbocycles. The Morgan fingerprint density at radius 1 is 1.26 bits per heavy atom. The van der Waals surface area contributed by atoms with Gasteiger partial charge in [0.2, 0.25) is 0 Å². The Hall–Kier alpha value is -3.68. The van der Waals surface area contributed by atoms with E-state index < -0.39 is 4.92 Å². The molecule has 0 fully saturated rings. The van der Waals surface area contributed by atoms with Gasteiger partial charge in [-0.3, -0.25) is 19.6 Å². The number of hydrogen-bond acceptors (Lipinski definition) is 5. The quantitative estimate of drug-likeness (QED) is 0.555. The number of nitrogens with one attached hydrogen (secondary N) is 1. The number of nitrogens with zero attached hydrogens (tertiary/aromatic N) is 4. The molecule has 1 N–H and O–H groups in total. The van der Waals surface area contributed by atoms with Crippen LogP contribution in [0.2, 0.25) is 0 Å². The van der Waals surface area contributed by atoms with Crippen molar-refractivity contribution in [3.8, 4) is 0 Å². The van der Waals surface area contributed by atoms with Crippen molar-refractivity contribution in [2.75, 3.05) is 10.2 Å². The van der Waals surface area contributed by atoms with Crippen molar-refractivity contribution in [1.29, 1.82) is 0 Å². The standard InChI is InChI=1S/C19H17N5O3/c1-12-9-13(7-8-16(12)24(26)27)19(25)23-11-14-10-20-22(2)18(14)21-15-5-3-4-6-17(15)23/h3-10,21H,11H2,1-2H3. The first-order chi connectivity index (χ1) is 13.0. The zero-order valence-corrected chi connectivity index (χ0v) is 14.8. The lowest BCUT2D eigenvalue weighted by molar-refractivity contribution is -0.385. The van der Waals surface area contributed by atoms with Crippen LogP contribution in [-0.2, 0) is 13.6 Å². The number of hydrogen-bond donors (Lipinski definition) is 1. The van der Waals surface area contributed by atoms with Gasteiger partial charge in [-0.05, 0) is 31.2 Å². The third-order valence-electron chi connectivity index (χ3n) is 4.68. The van der Waals surface area contributed by atoms with Crippen LogP contribution in [0.4, 0.5) is 22.9 Å². The van der Waals surface area contributed by atoms with Gasteiger partial charge in [0.05, 0.1) is 29.0 Å². The molecule has 2 aromatic carbocycles. The summed E-state index contributed by atoms with van der Waals surface area (Å²) in [5, 5.41) is 18.7.